The second-order valence-corrected chi connectivity index (χ2v) is 5.53. The topological polar surface area (TPSA) is 63.6 Å². The summed E-state index contributed by atoms with van der Waals surface area (Å²) in [7, 11) is 0. The van der Waals surface area contributed by atoms with Gasteiger partial charge >= 0.3 is 0 Å². The average molecular weight is 258 g/mol. The Morgan fingerprint density at radius 1 is 1.16 bits per heavy atom. The normalized spacial score (nSPS) is 24.7. The van der Waals surface area contributed by atoms with Crippen LogP contribution < -0.4 is 0 Å². The van der Waals surface area contributed by atoms with E-state index in [1.54, 1.807) is 38.1 Å². The van der Waals surface area contributed by atoms with Gasteiger partial charge in [0.25, 0.3) is 0 Å². The van der Waals surface area contributed by atoms with E-state index in [1.165, 1.54) is 0 Å². The van der Waals surface area contributed by atoms with Gasteiger partial charge in [0.2, 0.25) is 5.78 Å². The third-order valence-corrected chi connectivity index (χ3v) is 3.51. The number of ketones is 2. The molecule has 1 aliphatic heterocycles. The molecule has 4 heteroatoms. The van der Waals surface area contributed by atoms with Gasteiger partial charge in [-0.05, 0) is 13.8 Å². The van der Waals surface area contributed by atoms with Crippen LogP contribution in [0.15, 0.2) is 35.6 Å². The van der Waals surface area contributed by atoms with E-state index in [0.717, 1.165) is 0 Å². The van der Waals surface area contributed by atoms with Crippen LogP contribution in [0.1, 0.15) is 41.0 Å². The molecule has 0 unspecified atom stereocenters. The van der Waals surface area contributed by atoms with Gasteiger partial charge < -0.3 is 9.84 Å². The van der Waals surface area contributed by atoms with Gasteiger partial charge in [-0.2, -0.15) is 0 Å². The van der Waals surface area contributed by atoms with Crippen molar-refractivity contribution in [2.75, 3.05) is 0 Å². The molecule has 0 radical (unpaired) electrons. The Morgan fingerprint density at radius 3 is 2.37 bits per heavy atom. The number of ether oxygens (including phenoxy) is 1. The minimum absolute atomic E-state index is 0.00690. The number of hydrogen-bond donors (Lipinski definition) is 1. The van der Waals surface area contributed by atoms with E-state index in [0.29, 0.717) is 17.5 Å². The summed E-state index contributed by atoms with van der Waals surface area (Å²) in [5.41, 5.74) is 0.133. The highest BCUT2D eigenvalue weighted by molar-refractivity contribution is 6.26. The number of hydrogen-bond acceptors (Lipinski definition) is 4. The zero-order valence-corrected chi connectivity index (χ0v) is 10.8. The van der Waals surface area contributed by atoms with Crippen molar-refractivity contribution in [2.45, 2.75) is 32.0 Å². The summed E-state index contributed by atoms with van der Waals surface area (Å²) in [6.45, 7) is 3.58. The smallest absolute Gasteiger partial charge is 0.228 e. The minimum Gasteiger partial charge on any atom is -0.483 e. The van der Waals surface area contributed by atoms with Gasteiger partial charge in [-0.15, -0.1) is 0 Å². The highest BCUT2D eigenvalue weighted by Crippen LogP contribution is 2.38. The molecule has 1 N–H and O–H groups in total. The second-order valence-electron chi connectivity index (χ2n) is 5.53. The summed E-state index contributed by atoms with van der Waals surface area (Å²) in [5, 5.41) is 10.1. The predicted molar refractivity (Wildman–Crippen MR) is 67.9 cm³/mol. The molecule has 0 spiro atoms. The summed E-state index contributed by atoms with van der Waals surface area (Å²) in [4.78, 5) is 24.8. The highest BCUT2D eigenvalue weighted by Gasteiger charge is 2.44. The van der Waals surface area contributed by atoms with Crippen molar-refractivity contribution in [3.8, 4) is 0 Å². The third-order valence-electron chi connectivity index (χ3n) is 3.51. The number of rotatable bonds is 0. The van der Waals surface area contributed by atoms with Gasteiger partial charge in [0.15, 0.2) is 11.5 Å². The molecule has 2 aliphatic rings. The standard InChI is InChI=1S/C15H14O4/c1-15(2)7-10(16)11-12(17)8-5-3-4-6-9(8)13(18)14(11)19-15/h3-6,10,16H,7H2,1-2H3/t10-/m0/s1. The van der Waals surface area contributed by atoms with E-state index in [4.69, 9.17) is 4.74 Å². The van der Waals surface area contributed by atoms with Crippen molar-refractivity contribution in [3.63, 3.8) is 0 Å². The van der Waals surface area contributed by atoms with Crippen LogP contribution >= 0.6 is 0 Å². The zero-order valence-electron chi connectivity index (χ0n) is 10.8. The number of aliphatic hydroxyl groups excluding tert-OH is 1. The van der Waals surface area contributed by atoms with E-state index < -0.39 is 11.7 Å². The van der Waals surface area contributed by atoms with E-state index in [2.05, 4.69) is 0 Å². The molecule has 0 fully saturated rings. The van der Waals surface area contributed by atoms with Gasteiger partial charge in [0, 0.05) is 17.5 Å². The fourth-order valence-electron chi connectivity index (χ4n) is 2.66. The number of aliphatic hydroxyl groups is 1. The van der Waals surface area contributed by atoms with Gasteiger partial charge in [-0.1, -0.05) is 24.3 Å². The molecule has 0 bridgehead atoms. The Bertz CT molecular complexity index is 625. The maximum Gasteiger partial charge on any atom is 0.228 e. The van der Waals surface area contributed by atoms with Crippen molar-refractivity contribution in [1.82, 2.24) is 0 Å². The number of allylic oxidation sites excluding steroid dienone is 1. The van der Waals surface area contributed by atoms with Crippen molar-refractivity contribution in [2.24, 2.45) is 0 Å². The van der Waals surface area contributed by atoms with E-state index >= 15 is 0 Å². The molecule has 0 saturated carbocycles. The highest BCUT2D eigenvalue weighted by atomic mass is 16.5. The zero-order chi connectivity index (χ0) is 13.8. The number of carbonyl (C=O) groups is 2. The minimum atomic E-state index is -0.955. The largest absolute Gasteiger partial charge is 0.483 e. The van der Waals surface area contributed by atoms with Crippen LogP contribution in [0.2, 0.25) is 0 Å². The van der Waals surface area contributed by atoms with Gasteiger partial charge in [0.05, 0.1) is 11.7 Å². The van der Waals surface area contributed by atoms with Crippen molar-refractivity contribution < 1.29 is 19.4 Å². The third kappa shape index (κ3) is 1.71. The molecule has 1 aromatic rings. The Morgan fingerprint density at radius 2 is 1.74 bits per heavy atom. The first-order valence-electron chi connectivity index (χ1n) is 6.20. The summed E-state index contributed by atoms with van der Waals surface area (Å²) in [6.07, 6.45) is -0.656. The lowest BCUT2D eigenvalue weighted by Gasteiger charge is -2.37. The molecule has 98 valence electrons. The summed E-state index contributed by atoms with van der Waals surface area (Å²) >= 11 is 0. The molecule has 1 aromatic carbocycles. The Balaban J connectivity index is 2.20. The monoisotopic (exact) mass is 258 g/mol. The molecule has 0 aromatic heterocycles. The molecule has 1 aliphatic carbocycles. The van der Waals surface area contributed by atoms with Crippen LogP contribution in [0.25, 0.3) is 0 Å². The summed E-state index contributed by atoms with van der Waals surface area (Å²) in [6, 6.07) is 6.62. The van der Waals surface area contributed by atoms with Gasteiger partial charge in [-0.25, -0.2) is 0 Å². The SMILES string of the molecule is CC1(C)C[C@H](O)C2=C(O1)C(=O)c1ccccc1C2=O. The van der Waals surface area contributed by atoms with Gasteiger partial charge in [-0.3, -0.25) is 9.59 Å². The lowest BCUT2D eigenvalue weighted by Crippen LogP contribution is -2.42. The molecule has 0 amide bonds. The van der Waals surface area contributed by atoms with Crippen LogP contribution in [0.4, 0.5) is 0 Å². The number of carbonyl (C=O) groups excluding carboxylic acids is 2. The van der Waals surface area contributed by atoms with Crippen LogP contribution in [0.3, 0.4) is 0 Å². The van der Waals surface area contributed by atoms with Crippen LogP contribution in [0, 0.1) is 0 Å². The molecule has 3 rings (SSSR count). The van der Waals surface area contributed by atoms with Crippen LogP contribution in [0.5, 0.6) is 0 Å². The van der Waals surface area contributed by atoms with Crippen molar-refractivity contribution in [3.05, 3.63) is 46.7 Å². The Labute approximate surface area is 110 Å². The first kappa shape index (κ1) is 12.1. The number of benzene rings is 1. The lowest BCUT2D eigenvalue weighted by molar-refractivity contribution is -0.0249. The molecule has 19 heavy (non-hydrogen) atoms. The van der Waals surface area contributed by atoms with Crippen molar-refractivity contribution in [1.29, 1.82) is 0 Å². The second kappa shape index (κ2) is 3.78. The van der Waals surface area contributed by atoms with E-state index in [1.807, 2.05) is 0 Å². The molecular weight excluding hydrogens is 244 g/mol. The Hall–Kier alpha value is -1.94. The summed E-state index contributed by atoms with van der Waals surface area (Å²) < 4.78 is 5.64. The first-order valence-corrected chi connectivity index (χ1v) is 6.20. The van der Waals surface area contributed by atoms with Crippen molar-refractivity contribution >= 4 is 11.6 Å². The summed E-state index contributed by atoms with van der Waals surface area (Å²) in [5.74, 6) is -0.627. The molecular formula is C15H14O4. The average Bonchev–Trinajstić information content (AvgIpc) is 2.34. The predicted octanol–water partition coefficient (Wildman–Crippen LogP) is 1.88. The quantitative estimate of drug-likeness (QED) is 0.771. The van der Waals surface area contributed by atoms with E-state index in [9.17, 15) is 14.7 Å². The molecule has 0 saturated heterocycles. The lowest BCUT2D eigenvalue weighted by atomic mass is 9.81. The molecule has 1 atom stereocenters. The van der Waals surface area contributed by atoms with Crippen LogP contribution in [-0.2, 0) is 4.74 Å². The molecule has 1 heterocycles. The maximum absolute atomic E-state index is 12.4. The maximum atomic E-state index is 12.4. The Kier molecular flexibility index (Phi) is 2.41. The van der Waals surface area contributed by atoms with Crippen LogP contribution in [-0.4, -0.2) is 28.4 Å². The van der Waals surface area contributed by atoms with E-state index in [-0.39, 0.29) is 22.9 Å². The first-order chi connectivity index (χ1) is 8.91. The fraction of sp³-hybridized carbons (Fsp3) is 0.333. The van der Waals surface area contributed by atoms with Gasteiger partial charge in [0.1, 0.15) is 5.60 Å². The number of Topliss-reactive ketones (excluding diaryl/α,β-unsaturated/α-hetero) is 2. The number of fused-ring (bicyclic) bond motifs is 1. The molecule has 4 nitrogen and oxygen atoms in total. The fourth-order valence-corrected chi connectivity index (χ4v) is 2.66.